The molecule has 7 heteroatoms. The quantitative estimate of drug-likeness (QED) is 0.746. The first kappa shape index (κ1) is 15.7. The molecule has 22 heavy (non-hydrogen) atoms. The van der Waals surface area contributed by atoms with Gasteiger partial charge in [0.05, 0.1) is 12.0 Å². The van der Waals surface area contributed by atoms with Crippen LogP contribution in [-0.4, -0.2) is 23.2 Å². The van der Waals surface area contributed by atoms with E-state index in [4.69, 9.17) is 0 Å². The minimum atomic E-state index is -4.73. The molecule has 3 atom stereocenters. The highest BCUT2D eigenvalue weighted by molar-refractivity contribution is 14.1. The molecule has 0 saturated heterocycles. The number of benzene rings is 2. The van der Waals surface area contributed by atoms with E-state index in [0.29, 0.717) is 0 Å². The molecule has 0 spiro atoms. The third-order valence-electron chi connectivity index (χ3n) is 3.89. The number of halogens is 4. The smallest absolute Gasteiger partial charge is 0.388 e. The van der Waals surface area contributed by atoms with Gasteiger partial charge >= 0.3 is 6.18 Å². The largest absolute Gasteiger partial charge is 0.416 e. The van der Waals surface area contributed by atoms with Crippen molar-refractivity contribution in [2.24, 2.45) is 5.92 Å². The monoisotopic (exact) mass is 422 g/mol. The summed E-state index contributed by atoms with van der Waals surface area (Å²) in [5.41, 5.74) is 0.343. The third-order valence-corrected chi connectivity index (χ3v) is 4.44. The molecule has 0 saturated carbocycles. The number of rotatable bonds is 2. The number of carbonyl (C=O) groups excluding carboxylic acids is 1. The van der Waals surface area contributed by atoms with E-state index in [9.17, 15) is 23.1 Å². The van der Waals surface area contributed by atoms with E-state index in [2.05, 4.69) is 3.07 Å². The zero-order valence-electron chi connectivity index (χ0n) is 11.0. The maximum atomic E-state index is 13.0. The number of ketones is 1. The molecule has 0 bridgehead atoms. The summed E-state index contributed by atoms with van der Waals surface area (Å²) in [6.07, 6.45) is -8.61. The molecule has 2 aromatic carbocycles. The lowest BCUT2D eigenvalue weighted by Gasteiger charge is -2.24. The van der Waals surface area contributed by atoms with Crippen molar-refractivity contribution in [1.29, 1.82) is 0 Å². The van der Waals surface area contributed by atoms with Crippen molar-refractivity contribution in [2.45, 2.75) is 18.4 Å². The Morgan fingerprint density at radius 1 is 1.18 bits per heavy atom. The van der Waals surface area contributed by atoms with E-state index in [0.717, 1.165) is 33.8 Å². The van der Waals surface area contributed by atoms with Gasteiger partial charge in [-0.1, -0.05) is 24.3 Å². The van der Waals surface area contributed by atoms with E-state index >= 15 is 0 Å². The molecule has 3 rings (SSSR count). The molecule has 3 unspecified atom stereocenters. The Bertz CT molecular complexity index is 744. The highest BCUT2D eigenvalue weighted by Crippen LogP contribution is 2.45. The number of hydrogen-bond acceptors (Lipinski definition) is 3. The van der Waals surface area contributed by atoms with E-state index in [1.165, 1.54) is 6.07 Å². The molecular weight excluding hydrogens is 412 g/mol. The second kappa shape index (κ2) is 5.47. The van der Waals surface area contributed by atoms with Crippen LogP contribution in [0.4, 0.5) is 13.2 Å². The Kier molecular flexibility index (Phi) is 3.90. The average Bonchev–Trinajstić information content (AvgIpc) is 2.70. The molecule has 3 nitrogen and oxygen atoms in total. The fraction of sp³-hybridized carbons (Fsp3) is 0.267. The molecule has 1 aliphatic rings. The lowest BCUT2D eigenvalue weighted by molar-refractivity contribution is -0.203. The van der Waals surface area contributed by atoms with Gasteiger partial charge in [-0.3, -0.25) is 4.79 Å². The van der Waals surface area contributed by atoms with Gasteiger partial charge in [0.2, 0.25) is 0 Å². The van der Waals surface area contributed by atoms with Crippen LogP contribution in [-0.2, 0) is 3.07 Å². The fourth-order valence-electron chi connectivity index (χ4n) is 2.84. The highest BCUT2D eigenvalue weighted by Gasteiger charge is 2.55. The zero-order valence-corrected chi connectivity index (χ0v) is 13.1. The Morgan fingerprint density at radius 3 is 2.32 bits per heavy atom. The summed E-state index contributed by atoms with van der Waals surface area (Å²) >= 11 is 1.12. The van der Waals surface area contributed by atoms with Crippen molar-refractivity contribution in [1.82, 2.24) is 0 Å². The molecular formula is C15H10F3IO3. The van der Waals surface area contributed by atoms with Crippen LogP contribution in [0.3, 0.4) is 0 Å². The Labute approximate surface area is 137 Å². The first-order valence-electron chi connectivity index (χ1n) is 6.43. The average molecular weight is 422 g/mol. The number of hydrogen-bond donors (Lipinski definition) is 1. The molecule has 0 radical (unpaired) electrons. The van der Waals surface area contributed by atoms with Crippen LogP contribution in [0.15, 0.2) is 36.4 Å². The van der Waals surface area contributed by atoms with Crippen LogP contribution in [0.2, 0.25) is 0 Å². The summed E-state index contributed by atoms with van der Waals surface area (Å²) in [6.45, 7) is 0. The van der Waals surface area contributed by atoms with Crippen molar-refractivity contribution < 1.29 is 26.1 Å². The van der Waals surface area contributed by atoms with Gasteiger partial charge in [-0.25, -0.2) is 0 Å². The molecule has 1 N–H and O–H groups in total. The van der Waals surface area contributed by atoms with Crippen LogP contribution in [0, 0.1) is 5.92 Å². The summed E-state index contributed by atoms with van der Waals surface area (Å²) in [5.74, 6) is -2.42. The highest BCUT2D eigenvalue weighted by atomic mass is 127. The topological polar surface area (TPSA) is 46.5 Å². The Balaban J connectivity index is 2.11. The van der Waals surface area contributed by atoms with E-state index in [1.54, 1.807) is 30.3 Å². The summed E-state index contributed by atoms with van der Waals surface area (Å²) in [4.78, 5) is 12.4. The molecule has 0 amide bonds. The van der Waals surface area contributed by atoms with Crippen LogP contribution in [0.5, 0.6) is 0 Å². The van der Waals surface area contributed by atoms with Crippen LogP contribution in [0.25, 0.3) is 10.8 Å². The standard InChI is InChI=1S/C15H10F3IO3/c16-15(17,18)14(22-19)11-12(20)9-5-7-3-1-2-4-8(7)6-10(9)13(11)21/h1-6,11-12,14,20H. The number of aliphatic hydroxyl groups is 1. The van der Waals surface area contributed by atoms with E-state index < -0.39 is 30.1 Å². The first-order valence-corrected chi connectivity index (χ1v) is 7.31. The van der Waals surface area contributed by atoms with Gasteiger partial charge < -0.3 is 8.17 Å². The second-order valence-corrected chi connectivity index (χ2v) is 5.68. The Morgan fingerprint density at radius 2 is 1.77 bits per heavy atom. The molecule has 2 aromatic rings. The first-order chi connectivity index (χ1) is 10.3. The van der Waals surface area contributed by atoms with E-state index in [1.807, 2.05) is 0 Å². The van der Waals surface area contributed by atoms with Gasteiger partial charge in [0.1, 0.15) is 23.0 Å². The third kappa shape index (κ3) is 2.40. The summed E-state index contributed by atoms with van der Waals surface area (Å²) < 4.78 is 43.5. The van der Waals surface area contributed by atoms with Crippen molar-refractivity contribution >= 4 is 39.6 Å². The van der Waals surface area contributed by atoms with Crippen LogP contribution < -0.4 is 0 Å². The number of aliphatic hydroxyl groups excluding tert-OH is 1. The minimum absolute atomic E-state index is 0.124. The number of carbonyl (C=O) groups is 1. The zero-order chi connectivity index (χ0) is 16.1. The van der Waals surface area contributed by atoms with Crippen molar-refractivity contribution in [2.75, 3.05) is 0 Å². The molecule has 1 aliphatic carbocycles. The van der Waals surface area contributed by atoms with Crippen molar-refractivity contribution in [3.63, 3.8) is 0 Å². The molecule has 0 fully saturated rings. The maximum absolute atomic E-state index is 13.0. The molecule has 116 valence electrons. The fourth-order valence-corrected chi connectivity index (χ4v) is 3.45. The van der Waals surface area contributed by atoms with E-state index in [-0.39, 0.29) is 11.1 Å². The van der Waals surface area contributed by atoms with Crippen LogP contribution in [0.1, 0.15) is 22.0 Å². The Hall–Kier alpha value is -1.19. The van der Waals surface area contributed by atoms with Crippen molar-refractivity contribution in [3.05, 3.63) is 47.5 Å². The number of fused-ring (bicyclic) bond motifs is 2. The van der Waals surface area contributed by atoms with Gasteiger partial charge in [0, 0.05) is 5.56 Å². The summed E-state index contributed by atoms with van der Waals surface area (Å²) in [7, 11) is 0. The second-order valence-electron chi connectivity index (χ2n) is 5.17. The maximum Gasteiger partial charge on any atom is 0.416 e. The molecule has 0 aliphatic heterocycles. The van der Waals surface area contributed by atoms with Crippen LogP contribution >= 0.6 is 23.0 Å². The lowest BCUT2D eigenvalue weighted by Crippen LogP contribution is -2.40. The normalized spacial score (nSPS) is 22.9. The lowest BCUT2D eigenvalue weighted by atomic mass is 9.95. The van der Waals surface area contributed by atoms with Gasteiger partial charge in [0.25, 0.3) is 0 Å². The van der Waals surface area contributed by atoms with Gasteiger partial charge in [0.15, 0.2) is 11.9 Å². The van der Waals surface area contributed by atoms with Crippen molar-refractivity contribution in [3.8, 4) is 0 Å². The molecule has 0 aromatic heterocycles. The minimum Gasteiger partial charge on any atom is -0.388 e. The predicted molar refractivity (Wildman–Crippen MR) is 81.7 cm³/mol. The number of alkyl halides is 3. The van der Waals surface area contributed by atoms with Gasteiger partial charge in [-0.05, 0) is 28.5 Å². The molecule has 0 heterocycles. The summed E-state index contributed by atoms with van der Waals surface area (Å²) in [6, 6.07) is 10.2. The summed E-state index contributed by atoms with van der Waals surface area (Å²) in [5, 5.41) is 11.7. The van der Waals surface area contributed by atoms with Gasteiger partial charge in [-0.2, -0.15) is 13.2 Å². The SMILES string of the molecule is O=C1c2cc3ccccc3cc2C(O)C1C(OI)C(F)(F)F. The van der Waals surface area contributed by atoms with Gasteiger partial charge in [-0.15, -0.1) is 0 Å². The number of Topliss-reactive ketones (excluding diaryl/α,β-unsaturated/α-hetero) is 1. The predicted octanol–water partition coefficient (Wildman–Crippen LogP) is 3.98.